The lowest BCUT2D eigenvalue weighted by atomic mass is 10.4. The Morgan fingerprint density at radius 3 is 2.23 bits per heavy atom. The highest BCUT2D eigenvalue weighted by atomic mass is 16.4. The van der Waals surface area contributed by atoms with Crippen molar-refractivity contribution in [3.8, 4) is 0 Å². The van der Waals surface area contributed by atoms with Gasteiger partial charge in [0.15, 0.2) is 0 Å². The van der Waals surface area contributed by atoms with Gasteiger partial charge in [-0.05, 0) is 12.1 Å². The molecule has 0 bridgehead atoms. The third-order valence-corrected chi connectivity index (χ3v) is 1.11. The summed E-state index contributed by atoms with van der Waals surface area (Å²) in [5, 5.41) is 7.42. The fourth-order valence-corrected chi connectivity index (χ4v) is 0.618. The van der Waals surface area contributed by atoms with E-state index in [2.05, 4.69) is 4.98 Å². The number of aromatic nitrogens is 1. The van der Waals surface area contributed by atoms with Crippen molar-refractivity contribution in [2.24, 2.45) is 0 Å². The summed E-state index contributed by atoms with van der Waals surface area (Å²) in [6, 6.07) is 5.86. The Morgan fingerprint density at radius 1 is 1.46 bits per heavy atom. The summed E-state index contributed by atoms with van der Waals surface area (Å²) in [6.07, 6.45) is 1.79. The minimum absolute atomic E-state index is 0.833. The van der Waals surface area contributed by atoms with Gasteiger partial charge < -0.3 is 10.0 Å². The molecule has 0 saturated carbocycles. The van der Waals surface area contributed by atoms with Crippen LogP contribution in [-0.2, 0) is 4.79 Å². The summed E-state index contributed by atoms with van der Waals surface area (Å²) in [7, 11) is 3.95. The van der Waals surface area contributed by atoms with Crippen molar-refractivity contribution in [2.75, 3.05) is 19.0 Å². The lowest BCUT2D eigenvalue weighted by molar-refractivity contribution is -0.134. The van der Waals surface area contributed by atoms with Crippen molar-refractivity contribution in [2.45, 2.75) is 6.92 Å². The molecule has 1 N–H and O–H groups in total. The zero-order chi connectivity index (χ0) is 10.3. The minimum Gasteiger partial charge on any atom is -0.481 e. The molecule has 0 amide bonds. The van der Waals surface area contributed by atoms with Gasteiger partial charge in [-0.15, -0.1) is 0 Å². The van der Waals surface area contributed by atoms with Crippen molar-refractivity contribution in [1.29, 1.82) is 0 Å². The number of aliphatic carboxylic acids is 1. The van der Waals surface area contributed by atoms with Gasteiger partial charge in [0.05, 0.1) is 0 Å². The maximum atomic E-state index is 9.00. The molecule has 0 saturated heterocycles. The topological polar surface area (TPSA) is 53.4 Å². The van der Waals surface area contributed by atoms with Crippen molar-refractivity contribution in [1.82, 2.24) is 4.98 Å². The van der Waals surface area contributed by atoms with Gasteiger partial charge in [0.1, 0.15) is 5.82 Å². The molecule has 0 aromatic carbocycles. The van der Waals surface area contributed by atoms with Gasteiger partial charge in [0, 0.05) is 27.2 Å². The monoisotopic (exact) mass is 182 g/mol. The maximum Gasteiger partial charge on any atom is 0.300 e. The molecule has 1 aromatic rings. The first-order valence-electron chi connectivity index (χ1n) is 3.82. The molecule has 1 aromatic heterocycles. The van der Waals surface area contributed by atoms with Crippen molar-refractivity contribution in [3.63, 3.8) is 0 Å². The smallest absolute Gasteiger partial charge is 0.300 e. The van der Waals surface area contributed by atoms with Gasteiger partial charge in [0.25, 0.3) is 5.97 Å². The molecule has 0 aliphatic rings. The Balaban J connectivity index is 0.000000310. The van der Waals surface area contributed by atoms with E-state index in [0.29, 0.717) is 0 Å². The third-order valence-electron chi connectivity index (χ3n) is 1.11. The predicted octanol–water partition coefficient (Wildman–Crippen LogP) is 1.24. The number of anilines is 1. The number of rotatable bonds is 1. The zero-order valence-electron chi connectivity index (χ0n) is 8.06. The number of hydrogen-bond donors (Lipinski definition) is 1. The molecule has 0 fully saturated rings. The first kappa shape index (κ1) is 11.4. The van der Waals surface area contributed by atoms with E-state index in [1.54, 1.807) is 6.20 Å². The highest BCUT2D eigenvalue weighted by molar-refractivity contribution is 5.62. The predicted molar refractivity (Wildman–Crippen MR) is 51.9 cm³/mol. The Bertz CT molecular complexity index is 243. The summed E-state index contributed by atoms with van der Waals surface area (Å²) in [4.78, 5) is 15.1. The summed E-state index contributed by atoms with van der Waals surface area (Å²) in [6.45, 7) is 1.08. The lowest BCUT2D eigenvalue weighted by Gasteiger charge is -2.08. The Labute approximate surface area is 77.8 Å². The van der Waals surface area contributed by atoms with E-state index in [0.717, 1.165) is 12.7 Å². The van der Waals surface area contributed by atoms with Crippen LogP contribution in [0.25, 0.3) is 0 Å². The fourth-order valence-electron chi connectivity index (χ4n) is 0.618. The molecular formula is C9H14N2O2. The van der Waals surface area contributed by atoms with E-state index < -0.39 is 5.97 Å². The molecule has 0 spiro atoms. The van der Waals surface area contributed by atoms with Gasteiger partial charge in [-0.3, -0.25) is 4.79 Å². The molecule has 0 atom stereocenters. The van der Waals surface area contributed by atoms with Crippen LogP contribution in [0.5, 0.6) is 0 Å². The molecule has 1 rings (SSSR count). The minimum atomic E-state index is -0.833. The van der Waals surface area contributed by atoms with Crippen molar-refractivity contribution < 1.29 is 9.90 Å². The number of nitrogens with zero attached hydrogens (tertiary/aromatic N) is 2. The number of carboxylic acids is 1. The Kier molecular flexibility index (Phi) is 5.27. The molecule has 72 valence electrons. The highest BCUT2D eigenvalue weighted by Gasteiger charge is 1.89. The van der Waals surface area contributed by atoms with E-state index in [9.17, 15) is 0 Å². The molecular weight excluding hydrogens is 168 g/mol. The Hall–Kier alpha value is -1.58. The van der Waals surface area contributed by atoms with Gasteiger partial charge in [-0.25, -0.2) is 4.98 Å². The van der Waals surface area contributed by atoms with E-state index in [1.807, 2.05) is 37.2 Å². The second-order valence-electron chi connectivity index (χ2n) is 2.60. The van der Waals surface area contributed by atoms with Gasteiger partial charge in [-0.2, -0.15) is 0 Å². The molecule has 1 heterocycles. The molecule has 0 radical (unpaired) electrons. The van der Waals surface area contributed by atoms with E-state index in [1.165, 1.54) is 0 Å². The summed E-state index contributed by atoms with van der Waals surface area (Å²) >= 11 is 0. The number of hydrogen-bond acceptors (Lipinski definition) is 3. The average molecular weight is 182 g/mol. The van der Waals surface area contributed by atoms with E-state index in [4.69, 9.17) is 9.90 Å². The van der Waals surface area contributed by atoms with Crippen LogP contribution >= 0.6 is 0 Å². The standard InChI is InChI=1S/C7H10N2.C2H4O2/c1-9(2)7-5-3-4-6-8-7;1-2(3)4/h3-6H,1-2H3;1H3,(H,3,4). The van der Waals surface area contributed by atoms with Crippen LogP contribution in [0.1, 0.15) is 6.92 Å². The van der Waals surface area contributed by atoms with Crippen molar-refractivity contribution in [3.05, 3.63) is 24.4 Å². The first-order valence-corrected chi connectivity index (χ1v) is 3.82. The summed E-state index contributed by atoms with van der Waals surface area (Å²) < 4.78 is 0. The molecule has 4 nitrogen and oxygen atoms in total. The molecule has 0 unspecified atom stereocenters. The fraction of sp³-hybridized carbons (Fsp3) is 0.333. The van der Waals surface area contributed by atoms with Crippen LogP contribution in [0.3, 0.4) is 0 Å². The van der Waals surface area contributed by atoms with Crippen molar-refractivity contribution >= 4 is 11.8 Å². The first-order chi connectivity index (χ1) is 6.04. The Morgan fingerprint density at radius 2 is 2.00 bits per heavy atom. The van der Waals surface area contributed by atoms with Gasteiger partial charge >= 0.3 is 0 Å². The highest BCUT2D eigenvalue weighted by Crippen LogP contribution is 2.02. The number of pyridine rings is 1. The van der Waals surface area contributed by atoms with E-state index in [-0.39, 0.29) is 0 Å². The normalized spacial score (nSPS) is 8.23. The third kappa shape index (κ3) is 6.80. The average Bonchev–Trinajstić information content (AvgIpc) is 2.05. The van der Waals surface area contributed by atoms with Crippen LogP contribution in [-0.4, -0.2) is 30.2 Å². The second-order valence-corrected chi connectivity index (χ2v) is 2.60. The van der Waals surface area contributed by atoms with Gasteiger partial charge in [-0.1, -0.05) is 6.07 Å². The van der Waals surface area contributed by atoms with Crippen LogP contribution in [0.2, 0.25) is 0 Å². The number of carboxylic acid groups (broad SMARTS) is 1. The maximum absolute atomic E-state index is 9.00. The van der Waals surface area contributed by atoms with Crippen LogP contribution in [0.4, 0.5) is 5.82 Å². The van der Waals surface area contributed by atoms with Gasteiger partial charge in [0.2, 0.25) is 0 Å². The van der Waals surface area contributed by atoms with Crippen LogP contribution in [0.15, 0.2) is 24.4 Å². The molecule has 0 aliphatic carbocycles. The molecule has 4 heteroatoms. The summed E-state index contributed by atoms with van der Waals surface area (Å²) in [5.41, 5.74) is 0. The SMILES string of the molecule is CC(=O)O.CN(C)c1ccccn1. The van der Waals surface area contributed by atoms with E-state index >= 15 is 0 Å². The zero-order valence-corrected chi connectivity index (χ0v) is 8.06. The number of carbonyl (C=O) groups is 1. The molecule has 13 heavy (non-hydrogen) atoms. The quantitative estimate of drug-likeness (QED) is 0.710. The van der Waals surface area contributed by atoms with Crippen LogP contribution < -0.4 is 4.90 Å². The molecule has 0 aliphatic heterocycles. The summed E-state index contributed by atoms with van der Waals surface area (Å²) in [5.74, 6) is 0.164. The second kappa shape index (κ2) is 5.99. The largest absolute Gasteiger partial charge is 0.481 e. The van der Waals surface area contributed by atoms with Crippen LogP contribution in [0, 0.1) is 0 Å². The lowest BCUT2D eigenvalue weighted by Crippen LogP contribution is -2.09.